The van der Waals surface area contributed by atoms with Crippen molar-refractivity contribution < 1.29 is 4.74 Å². The van der Waals surface area contributed by atoms with Crippen molar-refractivity contribution in [3.63, 3.8) is 0 Å². The van der Waals surface area contributed by atoms with Gasteiger partial charge in [0.15, 0.2) is 5.96 Å². The standard InChI is InChI=1S/C17H29N5O/c1-13-6-8-22(9-7-13)16-5-4-15(10-19-16)11-20-17(18)21-14(2)12-23-3/h4-5,10,13-14H,6-9,11-12H2,1-3H3,(H3,18,20,21). The molecule has 6 heteroatoms. The summed E-state index contributed by atoms with van der Waals surface area (Å²) in [6.45, 7) is 7.64. The summed E-state index contributed by atoms with van der Waals surface area (Å²) in [5, 5.41) is 3.09. The Kier molecular flexibility index (Phi) is 6.65. The number of pyridine rings is 1. The highest BCUT2D eigenvalue weighted by molar-refractivity contribution is 5.78. The predicted molar refractivity (Wildman–Crippen MR) is 94.6 cm³/mol. The Labute approximate surface area is 139 Å². The van der Waals surface area contributed by atoms with E-state index < -0.39 is 0 Å². The van der Waals surface area contributed by atoms with Crippen LogP contribution >= 0.6 is 0 Å². The molecule has 0 aliphatic carbocycles. The molecule has 0 aromatic carbocycles. The first-order chi connectivity index (χ1) is 11.1. The van der Waals surface area contributed by atoms with E-state index in [-0.39, 0.29) is 6.04 Å². The molecule has 23 heavy (non-hydrogen) atoms. The van der Waals surface area contributed by atoms with Crippen LogP contribution in [-0.4, -0.2) is 43.8 Å². The first kappa shape index (κ1) is 17.5. The van der Waals surface area contributed by atoms with Gasteiger partial charge in [-0.15, -0.1) is 0 Å². The lowest BCUT2D eigenvalue weighted by molar-refractivity contribution is 0.179. The number of nitrogens with two attached hydrogens (primary N) is 1. The van der Waals surface area contributed by atoms with Gasteiger partial charge in [0.1, 0.15) is 5.82 Å². The minimum absolute atomic E-state index is 0.144. The van der Waals surface area contributed by atoms with Crippen molar-refractivity contribution >= 4 is 11.8 Å². The van der Waals surface area contributed by atoms with Crippen LogP contribution in [0.5, 0.6) is 0 Å². The SMILES string of the molecule is COCC(C)NC(N)=NCc1ccc(N2CCC(C)CC2)nc1. The number of aromatic nitrogens is 1. The number of hydrogen-bond acceptors (Lipinski definition) is 4. The molecule has 0 radical (unpaired) electrons. The monoisotopic (exact) mass is 319 g/mol. The van der Waals surface area contributed by atoms with Gasteiger partial charge in [-0.25, -0.2) is 9.98 Å². The number of piperidine rings is 1. The zero-order chi connectivity index (χ0) is 16.7. The highest BCUT2D eigenvalue weighted by Gasteiger charge is 2.16. The molecule has 1 atom stereocenters. The van der Waals surface area contributed by atoms with Crippen LogP contribution < -0.4 is 16.0 Å². The number of anilines is 1. The number of guanidine groups is 1. The van der Waals surface area contributed by atoms with Gasteiger partial charge < -0.3 is 20.7 Å². The Bertz CT molecular complexity index is 494. The zero-order valence-corrected chi connectivity index (χ0v) is 14.5. The highest BCUT2D eigenvalue weighted by atomic mass is 16.5. The van der Waals surface area contributed by atoms with E-state index in [4.69, 9.17) is 10.5 Å². The van der Waals surface area contributed by atoms with E-state index in [2.05, 4.69) is 39.2 Å². The highest BCUT2D eigenvalue weighted by Crippen LogP contribution is 2.21. The molecule has 1 fully saturated rings. The molecule has 1 aliphatic rings. The molecule has 128 valence electrons. The van der Waals surface area contributed by atoms with Crippen LogP contribution in [-0.2, 0) is 11.3 Å². The fraction of sp³-hybridized carbons (Fsp3) is 0.647. The molecular weight excluding hydrogens is 290 g/mol. The van der Waals surface area contributed by atoms with Crippen molar-refractivity contribution in [1.82, 2.24) is 10.3 Å². The maximum absolute atomic E-state index is 5.87. The average Bonchev–Trinajstić information content (AvgIpc) is 2.54. The van der Waals surface area contributed by atoms with E-state index >= 15 is 0 Å². The van der Waals surface area contributed by atoms with Gasteiger partial charge in [0.25, 0.3) is 0 Å². The maximum atomic E-state index is 5.87. The molecule has 0 bridgehead atoms. The molecular formula is C17H29N5O. The summed E-state index contributed by atoms with van der Waals surface area (Å²) in [5.74, 6) is 2.32. The number of ether oxygens (including phenoxy) is 1. The Morgan fingerprint density at radius 3 is 2.83 bits per heavy atom. The van der Waals surface area contributed by atoms with Crippen LogP contribution in [0, 0.1) is 5.92 Å². The van der Waals surface area contributed by atoms with E-state index in [0.29, 0.717) is 19.1 Å². The smallest absolute Gasteiger partial charge is 0.189 e. The van der Waals surface area contributed by atoms with Crippen LogP contribution in [0.15, 0.2) is 23.3 Å². The Balaban J connectivity index is 1.85. The van der Waals surface area contributed by atoms with Crippen LogP contribution in [0.4, 0.5) is 5.82 Å². The lowest BCUT2D eigenvalue weighted by atomic mass is 9.99. The van der Waals surface area contributed by atoms with Crippen molar-refractivity contribution in [3.8, 4) is 0 Å². The number of methoxy groups -OCH3 is 1. The van der Waals surface area contributed by atoms with Gasteiger partial charge in [-0.05, 0) is 37.3 Å². The van der Waals surface area contributed by atoms with Crippen molar-refractivity contribution in [2.45, 2.75) is 39.3 Å². The summed E-state index contributed by atoms with van der Waals surface area (Å²) in [4.78, 5) is 11.3. The summed E-state index contributed by atoms with van der Waals surface area (Å²) >= 11 is 0. The van der Waals surface area contributed by atoms with E-state index in [0.717, 1.165) is 30.4 Å². The van der Waals surface area contributed by atoms with E-state index in [9.17, 15) is 0 Å². The minimum atomic E-state index is 0.144. The van der Waals surface area contributed by atoms with E-state index in [1.807, 2.05) is 13.1 Å². The maximum Gasteiger partial charge on any atom is 0.189 e. The second-order valence-corrected chi connectivity index (χ2v) is 6.40. The summed E-state index contributed by atoms with van der Waals surface area (Å²) < 4.78 is 5.06. The molecule has 6 nitrogen and oxygen atoms in total. The summed E-state index contributed by atoms with van der Waals surface area (Å²) in [6.07, 6.45) is 4.38. The largest absolute Gasteiger partial charge is 0.383 e. The van der Waals surface area contributed by atoms with Crippen molar-refractivity contribution in [3.05, 3.63) is 23.9 Å². The second-order valence-electron chi connectivity index (χ2n) is 6.40. The third-order valence-corrected chi connectivity index (χ3v) is 4.16. The van der Waals surface area contributed by atoms with Gasteiger partial charge in [-0.3, -0.25) is 0 Å². The van der Waals surface area contributed by atoms with E-state index in [1.165, 1.54) is 12.8 Å². The van der Waals surface area contributed by atoms with Crippen molar-refractivity contribution in [2.24, 2.45) is 16.6 Å². The van der Waals surface area contributed by atoms with Crippen molar-refractivity contribution in [2.75, 3.05) is 31.7 Å². The second kappa shape index (κ2) is 8.72. The first-order valence-corrected chi connectivity index (χ1v) is 8.33. The molecule has 1 aromatic rings. The molecule has 1 saturated heterocycles. The molecule has 1 aromatic heterocycles. The van der Waals surface area contributed by atoms with E-state index in [1.54, 1.807) is 7.11 Å². The van der Waals surface area contributed by atoms with Crippen molar-refractivity contribution in [1.29, 1.82) is 0 Å². The van der Waals surface area contributed by atoms with Crippen LogP contribution in [0.2, 0.25) is 0 Å². The van der Waals surface area contributed by atoms with Gasteiger partial charge in [-0.2, -0.15) is 0 Å². The fourth-order valence-corrected chi connectivity index (χ4v) is 2.70. The summed E-state index contributed by atoms with van der Waals surface area (Å²) in [5.41, 5.74) is 6.93. The summed E-state index contributed by atoms with van der Waals surface area (Å²) in [6, 6.07) is 4.30. The fourth-order valence-electron chi connectivity index (χ4n) is 2.70. The number of nitrogens with one attached hydrogen (secondary N) is 1. The quantitative estimate of drug-likeness (QED) is 0.617. The van der Waals surface area contributed by atoms with Crippen LogP contribution in [0.25, 0.3) is 0 Å². The molecule has 1 aliphatic heterocycles. The molecule has 3 N–H and O–H groups in total. The Hall–Kier alpha value is -1.82. The van der Waals surface area contributed by atoms with Crippen LogP contribution in [0.1, 0.15) is 32.3 Å². The minimum Gasteiger partial charge on any atom is -0.383 e. The molecule has 0 amide bonds. The number of hydrogen-bond donors (Lipinski definition) is 2. The topological polar surface area (TPSA) is 75.8 Å². The summed E-state index contributed by atoms with van der Waals surface area (Å²) in [7, 11) is 1.67. The lowest BCUT2D eigenvalue weighted by Crippen LogP contribution is -2.40. The first-order valence-electron chi connectivity index (χ1n) is 8.33. The molecule has 0 spiro atoms. The van der Waals surface area contributed by atoms with Gasteiger partial charge in [0, 0.05) is 32.4 Å². The zero-order valence-electron chi connectivity index (χ0n) is 14.5. The third-order valence-electron chi connectivity index (χ3n) is 4.16. The van der Waals surface area contributed by atoms with Crippen LogP contribution in [0.3, 0.4) is 0 Å². The molecule has 2 heterocycles. The predicted octanol–water partition coefficient (Wildman–Crippen LogP) is 1.76. The number of aliphatic imine (C=N–C) groups is 1. The number of nitrogens with zero attached hydrogens (tertiary/aromatic N) is 3. The molecule has 2 rings (SSSR count). The van der Waals surface area contributed by atoms with Gasteiger partial charge in [0.2, 0.25) is 0 Å². The van der Waals surface area contributed by atoms with Gasteiger partial charge in [0.05, 0.1) is 13.2 Å². The average molecular weight is 319 g/mol. The normalized spacial score (nSPS) is 18.0. The molecule has 1 unspecified atom stereocenters. The Morgan fingerprint density at radius 1 is 1.48 bits per heavy atom. The third kappa shape index (κ3) is 5.71. The Morgan fingerprint density at radius 2 is 2.22 bits per heavy atom. The lowest BCUT2D eigenvalue weighted by Gasteiger charge is -2.31. The van der Waals surface area contributed by atoms with Gasteiger partial charge in [-0.1, -0.05) is 13.0 Å². The van der Waals surface area contributed by atoms with Gasteiger partial charge >= 0.3 is 0 Å². The molecule has 0 saturated carbocycles. The number of rotatable bonds is 6.